The zero-order valence-electron chi connectivity index (χ0n) is 6.90. The summed E-state index contributed by atoms with van der Waals surface area (Å²) in [6.07, 6.45) is -0.388. The largest absolute Gasteiger partial charge is 0.335 e. The first-order chi connectivity index (χ1) is 4.89. The first-order valence-corrected chi connectivity index (χ1v) is 5.05. The van der Waals surface area contributed by atoms with Gasteiger partial charge in [-0.2, -0.15) is 0 Å². The summed E-state index contributed by atoms with van der Waals surface area (Å²) in [6, 6.07) is 0. The molecule has 0 aliphatic carbocycles. The average molecular weight is 180 g/mol. The van der Waals surface area contributed by atoms with Gasteiger partial charge in [-0.1, -0.05) is 13.8 Å². The number of carbonyl (C=O) groups is 1. The van der Waals surface area contributed by atoms with Crippen molar-refractivity contribution in [2.45, 2.75) is 13.8 Å². The maximum Gasteiger partial charge on any atom is 0.335 e. The highest BCUT2D eigenvalue weighted by Gasteiger charge is 2.23. The lowest BCUT2D eigenvalue weighted by Crippen LogP contribution is -2.12. The molecule has 0 aliphatic heterocycles. The van der Waals surface area contributed by atoms with Gasteiger partial charge in [-0.25, -0.2) is 0 Å². The summed E-state index contributed by atoms with van der Waals surface area (Å²) in [5, 5.41) is 0. The van der Waals surface area contributed by atoms with Crippen molar-refractivity contribution < 1.29 is 18.8 Å². The molecule has 0 fully saturated rings. The van der Waals surface area contributed by atoms with Crippen molar-refractivity contribution in [1.82, 2.24) is 0 Å². The molecule has 0 bridgehead atoms. The van der Waals surface area contributed by atoms with Crippen molar-refractivity contribution in [2.24, 2.45) is 5.92 Å². The molecule has 0 saturated carbocycles. The number of ketones is 1. The van der Waals surface area contributed by atoms with Gasteiger partial charge in [0.05, 0.1) is 0 Å². The van der Waals surface area contributed by atoms with Crippen molar-refractivity contribution >= 4 is 13.4 Å². The Labute approximate surface area is 66.1 Å². The fraction of sp³-hybridized carbons (Fsp3) is 0.833. The molecule has 0 saturated heterocycles. The third kappa shape index (κ3) is 4.30. The first kappa shape index (κ1) is 10.8. The maximum atomic E-state index is 10.9. The van der Waals surface area contributed by atoms with Gasteiger partial charge in [0.15, 0.2) is 0 Å². The van der Waals surface area contributed by atoms with Gasteiger partial charge < -0.3 is 9.42 Å². The summed E-state index contributed by atoms with van der Waals surface area (Å²) in [5.41, 5.74) is 0. The number of carbonyl (C=O) groups excluding carboxylic acids is 1. The molecule has 5 heteroatoms. The van der Waals surface area contributed by atoms with E-state index in [1.54, 1.807) is 13.8 Å². The van der Waals surface area contributed by atoms with E-state index in [9.17, 15) is 9.36 Å². The van der Waals surface area contributed by atoms with E-state index in [1.165, 1.54) is 0 Å². The molecule has 66 valence electrons. The molecule has 4 nitrogen and oxygen atoms in total. The highest BCUT2D eigenvalue weighted by Crippen LogP contribution is 2.40. The average Bonchev–Trinajstić information content (AvgIpc) is 1.87. The van der Waals surface area contributed by atoms with Gasteiger partial charge in [-0.05, 0) is 0 Å². The van der Waals surface area contributed by atoms with Gasteiger partial charge in [-0.15, -0.1) is 0 Å². The summed E-state index contributed by atoms with van der Waals surface area (Å²) in [5.74, 6) is -0.469. The Morgan fingerprint density at radius 2 is 2.09 bits per heavy atom. The minimum absolute atomic E-state index is 0.217. The summed E-state index contributed by atoms with van der Waals surface area (Å²) in [4.78, 5) is 19.8. The highest BCUT2D eigenvalue weighted by atomic mass is 31.2. The van der Waals surface area contributed by atoms with E-state index in [4.69, 9.17) is 4.89 Å². The van der Waals surface area contributed by atoms with Gasteiger partial charge in [0.25, 0.3) is 0 Å². The number of hydrogen-bond donors (Lipinski definition) is 1. The second-order valence-electron chi connectivity index (χ2n) is 2.60. The Balaban J connectivity index is 4.05. The molecule has 0 heterocycles. The minimum atomic E-state index is -3.63. The molecule has 1 unspecified atom stereocenters. The fourth-order valence-corrected chi connectivity index (χ4v) is 1.33. The molecule has 0 aromatic heterocycles. The summed E-state index contributed by atoms with van der Waals surface area (Å²) in [7, 11) is -2.51. The van der Waals surface area contributed by atoms with Crippen LogP contribution in [0.15, 0.2) is 0 Å². The molecular formula is C6H13O4P. The smallest absolute Gasteiger partial charge is 0.324 e. The van der Waals surface area contributed by atoms with Crippen molar-refractivity contribution in [3.63, 3.8) is 0 Å². The van der Waals surface area contributed by atoms with Crippen LogP contribution < -0.4 is 0 Å². The Bertz CT molecular complexity index is 187. The van der Waals surface area contributed by atoms with Crippen LogP contribution >= 0.6 is 7.60 Å². The van der Waals surface area contributed by atoms with Crippen molar-refractivity contribution in [2.75, 3.05) is 13.3 Å². The van der Waals surface area contributed by atoms with Gasteiger partial charge in [0.1, 0.15) is 11.9 Å². The van der Waals surface area contributed by atoms with E-state index >= 15 is 0 Å². The summed E-state index contributed by atoms with van der Waals surface area (Å²) < 4.78 is 15.1. The molecule has 1 atom stereocenters. The van der Waals surface area contributed by atoms with E-state index in [2.05, 4.69) is 4.52 Å². The van der Waals surface area contributed by atoms with Gasteiger partial charge >= 0.3 is 7.60 Å². The third-order valence-corrected chi connectivity index (χ3v) is 2.57. The SMILES string of the molecule is COP(=O)(O)CC(=O)C(C)C. The monoisotopic (exact) mass is 180 g/mol. The van der Waals surface area contributed by atoms with Crippen LogP contribution in [0, 0.1) is 5.92 Å². The third-order valence-electron chi connectivity index (χ3n) is 1.28. The van der Waals surface area contributed by atoms with Crippen molar-refractivity contribution in [1.29, 1.82) is 0 Å². The number of rotatable bonds is 4. The second-order valence-corrected chi connectivity index (χ2v) is 4.56. The molecule has 0 aromatic rings. The maximum absolute atomic E-state index is 10.9. The van der Waals surface area contributed by atoms with Crippen LogP contribution in [-0.4, -0.2) is 23.9 Å². The molecule has 1 N–H and O–H groups in total. The molecule has 0 spiro atoms. The van der Waals surface area contributed by atoms with Crippen LogP contribution in [0.25, 0.3) is 0 Å². The lowest BCUT2D eigenvalue weighted by atomic mass is 10.1. The molecule has 11 heavy (non-hydrogen) atoms. The van der Waals surface area contributed by atoms with Crippen molar-refractivity contribution in [3.8, 4) is 0 Å². The fourth-order valence-electron chi connectivity index (χ4n) is 0.444. The number of Topliss-reactive ketones (excluding diaryl/α,β-unsaturated/α-hetero) is 1. The zero-order valence-corrected chi connectivity index (χ0v) is 7.80. The molecule has 0 rings (SSSR count). The zero-order chi connectivity index (χ0) is 9.07. The van der Waals surface area contributed by atoms with Crippen LogP contribution in [0.3, 0.4) is 0 Å². The van der Waals surface area contributed by atoms with E-state index in [0.717, 1.165) is 7.11 Å². The van der Waals surface area contributed by atoms with E-state index in [1.807, 2.05) is 0 Å². The summed E-state index contributed by atoms with van der Waals surface area (Å²) >= 11 is 0. The first-order valence-electron chi connectivity index (χ1n) is 3.29. The quantitative estimate of drug-likeness (QED) is 0.656. The standard InChI is InChI=1S/C6H13O4P/c1-5(2)6(7)4-11(8,9)10-3/h5H,4H2,1-3H3,(H,8,9). The molecule has 0 aromatic carbocycles. The highest BCUT2D eigenvalue weighted by molar-refractivity contribution is 7.53. The Morgan fingerprint density at radius 1 is 1.64 bits per heavy atom. The predicted molar refractivity (Wildman–Crippen MR) is 41.5 cm³/mol. The van der Waals surface area contributed by atoms with Crippen LogP contribution in [0.4, 0.5) is 0 Å². The van der Waals surface area contributed by atoms with E-state index in [-0.39, 0.29) is 17.9 Å². The topological polar surface area (TPSA) is 63.6 Å². The molecular weight excluding hydrogens is 167 g/mol. The molecule has 0 amide bonds. The van der Waals surface area contributed by atoms with Gasteiger partial charge in [0, 0.05) is 13.0 Å². The molecule has 0 radical (unpaired) electrons. The van der Waals surface area contributed by atoms with Crippen molar-refractivity contribution in [3.05, 3.63) is 0 Å². The Morgan fingerprint density at radius 3 is 2.36 bits per heavy atom. The van der Waals surface area contributed by atoms with Crippen LogP contribution in [0.1, 0.15) is 13.8 Å². The molecule has 0 aliphatic rings. The number of hydrogen-bond acceptors (Lipinski definition) is 3. The summed E-state index contributed by atoms with van der Waals surface area (Å²) in [6.45, 7) is 3.36. The lowest BCUT2D eigenvalue weighted by molar-refractivity contribution is -0.119. The van der Waals surface area contributed by atoms with Gasteiger partial charge in [-0.3, -0.25) is 9.36 Å². The predicted octanol–water partition coefficient (Wildman–Crippen LogP) is 1.04. The van der Waals surface area contributed by atoms with Gasteiger partial charge in [0.2, 0.25) is 0 Å². The van der Waals surface area contributed by atoms with Crippen LogP contribution in [0.2, 0.25) is 0 Å². The van der Waals surface area contributed by atoms with E-state index < -0.39 is 7.60 Å². The Hall–Kier alpha value is -0.180. The lowest BCUT2D eigenvalue weighted by Gasteiger charge is -2.08. The van der Waals surface area contributed by atoms with Crippen LogP contribution in [0.5, 0.6) is 0 Å². The minimum Gasteiger partial charge on any atom is -0.324 e. The second kappa shape index (κ2) is 4.00. The normalized spacial score (nSPS) is 16.5. The van der Waals surface area contributed by atoms with E-state index in [0.29, 0.717) is 0 Å². The Kier molecular flexibility index (Phi) is 3.93. The van der Waals surface area contributed by atoms with Crippen LogP contribution in [-0.2, 0) is 13.9 Å².